The zero-order valence-electron chi connectivity index (χ0n) is 5.84. The van der Waals surface area contributed by atoms with Gasteiger partial charge in [0.05, 0.1) is 0 Å². The molecule has 62 valence electrons. The van der Waals surface area contributed by atoms with Crippen molar-refractivity contribution in [1.82, 2.24) is 6.15 Å². The van der Waals surface area contributed by atoms with Crippen molar-refractivity contribution in [3.8, 4) is 0 Å². The van der Waals surface area contributed by atoms with Crippen molar-refractivity contribution in [2.24, 2.45) is 0 Å². The first kappa shape index (κ1) is 10.5. The van der Waals surface area contributed by atoms with E-state index in [1.807, 2.05) is 0 Å². The third-order valence-corrected chi connectivity index (χ3v) is 3.13. The van der Waals surface area contributed by atoms with Crippen molar-refractivity contribution in [1.29, 1.82) is 0 Å². The van der Waals surface area contributed by atoms with Gasteiger partial charge in [-0.05, 0) is 0 Å². The molecule has 0 bridgehead atoms. The van der Waals surface area contributed by atoms with E-state index in [4.69, 9.17) is 8.19 Å². The van der Waals surface area contributed by atoms with E-state index < -0.39 is 14.2 Å². The standard InChI is InChI=1S/C6H7AsO3.H3N/c8-7(9,10)6-4-2-1-3-5-6;/h1-5H,(H2,8,9,10);1H3. The second-order valence-corrected chi connectivity index (χ2v) is 5.25. The van der Waals surface area contributed by atoms with E-state index in [-0.39, 0.29) is 10.5 Å². The summed E-state index contributed by atoms with van der Waals surface area (Å²) in [5.74, 6) is 0. The van der Waals surface area contributed by atoms with Gasteiger partial charge in [0.15, 0.2) is 0 Å². The fourth-order valence-electron chi connectivity index (χ4n) is 0.622. The molecule has 1 rings (SSSR count). The zero-order chi connectivity index (χ0) is 7.61. The van der Waals surface area contributed by atoms with Gasteiger partial charge in [-0.25, -0.2) is 0 Å². The minimum atomic E-state index is -4.60. The first-order chi connectivity index (χ1) is 4.61. The molecule has 0 aromatic heterocycles. The SMILES string of the molecule is N.O=[As](O)(O)c1ccccc1. The molecule has 0 saturated carbocycles. The maximum absolute atomic E-state index is 10.6. The number of hydrogen-bond acceptors (Lipinski definition) is 2. The van der Waals surface area contributed by atoms with Crippen molar-refractivity contribution < 1.29 is 11.9 Å². The van der Waals surface area contributed by atoms with Gasteiger partial charge >= 0.3 is 60.8 Å². The normalized spacial score (nSPS) is 10.4. The molecule has 4 nitrogen and oxygen atoms in total. The Labute approximate surface area is 67.5 Å². The Balaban J connectivity index is 0.000001000. The molecular formula is C6H10AsNO3. The van der Waals surface area contributed by atoms with Crippen LogP contribution >= 0.6 is 0 Å². The van der Waals surface area contributed by atoms with E-state index in [0.29, 0.717) is 0 Å². The summed E-state index contributed by atoms with van der Waals surface area (Å²) in [5, 5.41) is 0. The molecule has 1 aromatic rings. The third-order valence-electron chi connectivity index (χ3n) is 1.09. The Morgan fingerprint density at radius 2 is 1.55 bits per heavy atom. The van der Waals surface area contributed by atoms with Crippen molar-refractivity contribution >= 4 is 18.5 Å². The van der Waals surface area contributed by atoms with Crippen LogP contribution in [-0.2, 0) is 3.74 Å². The minimum absolute atomic E-state index is 0. The van der Waals surface area contributed by atoms with Crippen LogP contribution in [0.5, 0.6) is 0 Å². The summed E-state index contributed by atoms with van der Waals surface area (Å²) < 4.78 is 28.0. The molecule has 0 unspecified atom stereocenters. The molecule has 0 amide bonds. The number of rotatable bonds is 1. The molecule has 0 aliphatic rings. The Kier molecular flexibility index (Phi) is 3.55. The molecule has 0 spiro atoms. The molecule has 0 radical (unpaired) electrons. The summed E-state index contributed by atoms with van der Waals surface area (Å²) in [5.41, 5.74) is 0. The molecule has 0 aliphatic carbocycles. The second kappa shape index (κ2) is 3.74. The van der Waals surface area contributed by atoms with Gasteiger partial charge in [0.1, 0.15) is 0 Å². The molecule has 0 saturated heterocycles. The van der Waals surface area contributed by atoms with Gasteiger partial charge in [0.2, 0.25) is 0 Å². The average Bonchev–Trinajstić information content (AvgIpc) is 1.88. The Bertz CT molecular complexity index is 256. The van der Waals surface area contributed by atoms with Gasteiger partial charge in [-0.15, -0.1) is 0 Å². The van der Waals surface area contributed by atoms with Crippen LogP contribution in [0.15, 0.2) is 30.3 Å². The van der Waals surface area contributed by atoms with Crippen molar-refractivity contribution in [2.45, 2.75) is 0 Å². The molecule has 0 heterocycles. The van der Waals surface area contributed by atoms with Crippen LogP contribution in [-0.4, -0.2) is 22.4 Å². The van der Waals surface area contributed by atoms with Crippen molar-refractivity contribution in [2.75, 3.05) is 0 Å². The van der Waals surface area contributed by atoms with Gasteiger partial charge in [0.25, 0.3) is 0 Å². The van der Waals surface area contributed by atoms with Gasteiger partial charge in [0, 0.05) is 0 Å². The fraction of sp³-hybridized carbons (Fsp3) is 0. The van der Waals surface area contributed by atoms with E-state index in [2.05, 4.69) is 0 Å². The van der Waals surface area contributed by atoms with Crippen LogP contribution in [0.25, 0.3) is 0 Å². The van der Waals surface area contributed by atoms with Gasteiger partial charge in [-0.2, -0.15) is 0 Å². The van der Waals surface area contributed by atoms with Crippen molar-refractivity contribution in [3.05, 3.63) is 30.3 Å². The molecule has 0 aliphatic heterocycles. The predicted octanol–water partition coefficient (Wildman–Crippen LogP) is -0.590. The van der Waals surface area contributed by atoms with E-state index in [9.17, 15) is 3.74 Å². The summed E-state index contributed by atoms with van der Waals surface area (Å²) in [7, 11) is 0. The third kappa shape index (κ3) is 2.90. The van der Waals surface area contributed by atoms with Crippen LogP contribution in [0, 0.1) is 0 Å². The molecule has 1 aromatic carbocycles. The monoisotopic (exact) mass is 219 g/mol. The first-order valence-electron chi connectivity index (χ1n) is 2.72. The van der Waals surface area contributed by atoms with Crippen molar-refractivity contribution in [3.63, 3.8) is 0 Å². The number of benzene rings is 1. The average molecular weight is 219 g/mol. The van der Waals surface area contributed by atoms with E-state index in [1.165, 1.54) is 12.1 Å². The first-order valence-corrected chi connectivity index (χ1v) is 6.10. The maximum atomic E-state index is 10.6. The van der Waals surface area contributed by atoms with Crippen LogP contribution < -0.4 is 10.5 Å². The summed E-state index contributed by atoms with van der Waals surface area (Å²) in [6, 6.07) is 7.79. The molecule has 5 N–H and O–H groups in total. The van der Waals surface area contributed by atoms with Crippen LogP contribution in [0.2, 0.25) is 0 Å². The topological polar surface area (TPSA) is 92.5 Å². The van der Waals surface area contributed by atoms with Gasteiger partial charge in [-0.3, -0.25) is 0 Å². The van der Waals surface area contributed by atoms with Gasteiger partial charge < -0.3 is 6.15 Å². The predicted molar refractivity (Wildman–Crippen MR) is 42.0 cm³/mol. The number of hydrogen-bond donors (Lipinski definition) is 3. The molecule has 0 fully saturated rings. The van der Waals surface area contributed by atoms with E-state index in [0.717, 1.165) is 0 Å². The van der Waals surface area contributed by atoms with Crippen LogP contribution in [0.1, 0.15) is 0 Å². The zero-order valence-corrected chi connectivity index (χ0v) is 7.72. The summed E-state index contributed by atoms with van der Waals surface area (Å²) in [4.78, 5) is 0. The summed E-state index contributed by atoms with van der Waals surface area (Å²) >= 11 is -4.60. The van der Waals surface area contributed by atoms with Gasteiger partial charge in [-0.1, -0.05) is 0 Å². The van der Waals surface area contributed by atoms with E-state index >= 15 is 0 Å². The Morgan fingerprint density at radius 3 is 1.82 bits per heavy atom. The Hall–Kier alpha value is -0.542. The summed E-state index contributed by atoms with van der Waals surface area (Å²) in [6.07, 6.45) is 0. The molecule has 11 heavy (non-hydrogen) atoms. The summed E-state index contributed by atoms with van der Waals surface area (Å²) in [6.45, 7) is 0. The fourth-order valence-corrected chi connectivity index (χ4v) is 1.80. The van der Waals surface area contributed by atoms with Crippen LogP contribution in [0.4, 0.5) is 0 Å². The van der Waals surface area contributed by atoms with E-state index in [1.54, 1.807) is 18.2 Å². The second-order valence-electron chi connectivity index (χ2n) is 1.88. The van der Waals surface area contributed by atoms with Crippen LogP contribution in [0.3, 0.4) is 0 Å². The Morgan fingerprint density at radius 1 is 1.09 bits per heavy atom. The molecule has 0 atom stereocenters. The molecule has 5 heteroatoms. The molecular weight excluding hydrogens is 209 g/mol. The quantitative estimate of drug-likeness (QED) is 0.550.